The van der Waals surface area contributed by atoms with E-state index in [0.717, 1.165) is 4.90 Å². The lowest BCUT2D eigenvalue weighted by molar-refractivity contribution is 1.18. The van der Waals surface area contributed by atoms with Gasteiger partial charge in [-0.15, -0.1) is 11.8 Å². The van der Waals surface area contributed by atoms with Gasteiger partial charge in [-0.25, -0.2) is 4.98 Å². The highest BCUT2D eigenvalue weighted by Gasteiger charge is 2.02. The molecule has 0 aliphatic carbocycles. The van der Waals surface area contributed by atoms with Crippen LogP contribution in [0.25, 0.3) is 10.9 Å². The fourth-order valence-electron chi connectivity index (χ4n) is 1.26. The Kier molecular flexibility index (Phi) is 4.37. The molecule has 3 N–H and O–H groups in total. The molecule has 2 rings (SSSR count). The molecule has 0 spiro atoms. The zero-order valence-electron chi connectivity index (χ0n) is 9.57. The predicted octanol–water partition coefficient (Wildman–Crippen LogP) is 2.25. The molecule has 0 saturated carbocycles. The number of nitrogens with one attached hydrogen (secondary N) is 1. The van der Waals surface area contributed by atoms with E-state index in [1.54, 1.807) is 17.8 Å². The quantitative estimate of drug-likeness (QED) is 0.746. The molecule has 1 aromatic carbocycles. The molecule has 1 aromatic heterocycles. The first-order valence-corrected chi connectivity index (χ1v) is 6.27. The smallest absolute Gasteiger partial charge is 0.260 e. The van der Waals surface area contributed by atoms with Crippen LogP contribution >= 0.6 is 11.8 Å². The van der Waals surface area contributed by atoms with Crippen molar-refractivity contribution >= 4 is 28.6 Å². The maximum atomic E-state index is 11.5. The van der Waals surface area contributed by atoms with E-state index in [4.69, 9.17) is 5.73 Å². The molecule has 0 aliphatic heterocycles. The second kappa shape index (κ2) is 5.55. The molecular formula is C11H15N3OS. The maximum Gasteiger partial charge on any atom is 0.260 e. The molecule has 86 valence electrons. The average Bonchev–Trinajstić information content (AvgIpc) is 2.31. The number of rotatable bonds is 1. The Morgan fingerprint density at radius 3 is 2.69 bits per heavy atom. The van der Waals surface area contributed by atoms with Gasteiger partial charge in [0.25, 0.3) is 5.56 Å². The molecule has 0 amide bonds. The highest BCUT2D eigenvalue weighted by molar-refractivity contribution is 7.98. The number of aromatic amines is 1. The molecule has 0 radical (unpaired) electrons. The molecule has 4 nitrogen and oxygen atoms in total. The van der Waals surface area contributed by atoms with Gasteiger partial charge in [0.15, 0.2) is 0 Å². The Bertz CT molecular complexity index is 536. The summed E-state index contributed by atoms with van der Waals surface area (Å²) in [5, 5.41) is 0.575. The van der Waals surface area contributed by atoms with E-state index in [-0.39, 0.29) is 11.5 Å². The van der Waals surface area contributed by atoms with Crippen LogP contribution in [0.4, 0.5) is 5.95 Å². The number of hydrogen-bond donors (Lipinski definition) is 2. The van der Waals surface area contributed by atoms with E-state index in [2.05, 4.69) is 9.97 Å². The van der Waals surface area contributed by atoms with Crippen LogP contribution in [0.5, 0.6) is 0 Å². The van der Waals surface area contributed by atoms with E-state index in [0.29, 0.717) is 10.9 Å². The molecule has 0 saturated heterocycles. The number of anilines is 1. The molecule has 1 heterocycles. The monoisotopic (exact) mass is 237 g/mol. The Labute approximate surface area is 98.3 Å². The minimum atomic E-state index is -0.191. The van der Waals surface area contributed by atoms with Gasteiger partial charge in [-0.2, -0.15) is 0 Å². The number of H-pyrrole nitrogens is 1. The Morgan fingerprint density at radius 2 is 2.06 bits per heavy atom. The van der Waals surface area contributed by atoms with Gasteiger partial charge in [0.2, 0.25) is 5.95 Å². The normalized spacial score (nSPS) is 9.69. The summed E-state index contributed by atoms with van der Waals surface area (Å²) in [6.07, 6.45) is 1.96. The third-order valence-electron chi connectivity index (χ3n) is 1.93. The van der Waals surface area contributed by atoms with Crippen LogP contribution in [0.3, 0.4) is 0 Å². The fourth-order valence-corrected chi connectivity index (χ4v) is 1.70. The van der Waals surface area contributed by atoms with Crippen molar-refractivity contribution in [2.24, 2.45) is 0 Å². The first-order chi connectivity index (χ1) is 7.70. The molecule has 5 heteroatoms. The van der Waals surface area contributed by atoms with E-state index in [9.17, 15) is 4.79 Å². The second-order valence-electron chi connectivity index (χ2n) is 2.83. The molecular weight excluding hydrogens is 222 g/mol. The number of fused-ring (bicyclic) bond motifs is 1. The maximum absolute atomic E-state index is 11.5. The second-order valence-corrected chi connectivity index (χ2v) is 3.71. The molecule has 16 heavy (non-hydrogen) atoms. The first-order valence-electron chi connectivity index (χ1n) is 5.04. The van der Waals surface area contributed by atoms with Crippen molar-refractivity contribution in [3.63, 3.8) is 0 Å². The van der Waals surface area contributed by atoms with Gasteiger partial charge in [-0.1, -0.05) is 13.8 Å². The Morgan fingerprint density at radius 1 is 1.38 bits per heavy atom. The minimum Gasteiger partial charge on any atom is -0.369 e. The van der Waals surface area contributed by atoms with Gasteiger partial charge in [0.05, 0.1) is 10.9 Å². The minimum absolute atomic E-state index is 0.152. The molecule has 0 bridgehead atoms. The van der Waals surface area contributed by atoms with Crippen molar-refractivity contribution in [3.8, 4) is 0 Å². The number of nitrogens with zero attached hydrogens (tertiary/aromatic N) is 1. The summed E-state index contributed by atoms with van der Waals surface area (Å²) in [6, 6.07) is 5.52. The highest BCUT2D eigenvalue weighted by Crippen LogP contribution is 2.18. The first kappa shape index (κ1) is 12.6. The zero-order valence-corrected chi connectivity index (χ0v) is 10.4. The average molecular weight is 237 g/mol. The number of benzene rings is 1. The van der Waals surface area contributed by atoms with Crippen LogP contribution in [0.15, 0.2) is 27.9 Å². The van der Waals surface area contributed by atoms with Crippen LogP contribution in [0.2, 0.25) is 0 Å². The van der Waals surface area contributed by atoms with E-state index in [1.807, 2.05) is 32.2 Å². The number of nitrogens with two attached hydrogens (primary N) is 1. The van der Waals surface area contributed by atoms with E-state index in [1.165, 1.54) is 0 Å². The number of hydrogen-bond acceptors (Lipinski definition) is 4. The summed E-state index contributed by atoms with van der Waals surface area (Å²) in [5.41, 5.74) is 5.86. The standard InChI is InChI=1S/C9H9N3OS.C2H6/c1-14-5-2-3-7-6(4-5)8(13)12-9(10)11-7;1-2/h2-4H,1H3,(H3,10,11,12,13);1-2H3. The Hall–Kier alpha value is -1.49. The molecule has 0 unspecified atom stereocenters. The molecule has 0 aliphatic rings. The summed E-state index contributed by atoms with van der Waals surface area (Å²) in [5.74, 6) is 0.152. The van der Waals surface area contributed by atoms with Crippen LogP contribution in [-0.2, 0) is 0 Å². The third kappa shape index (κ3) is 2.55. The van der Waals surface area contributed by atoms with Gasteiger partial charge in [-0.05, 0) is 24.5 Å². The number of thioether (sulfide) groups is 1. The lowest BCUT2D eigenvalue weighted by atomic mass is 10.2. The SMILES string of the molecule is CC.CSc1ccc2nc(N)[nH]c(=O)c2c1. The van der Waals surface area contributed by atoms with Crippen molar-refractivity contribution in [3.05, 3.63) is 28.6 Å². The van der Waals surface area contributed by atoms with Crippen molar-refractivity contribution < 1.29 is 0 Å². The van der Waals surface area contributed by atoms with Crippen molar-refractivity contribution in [1.82, 2.24) is 9.97 Å². The number of aromatic nitrogens is 2. The van der Waals surface area contributed by atoms with Gasteiger partial charge in [0.1, 0.15) is 0 Å². The summed E-state index contributed by atoms with van der Waals surface area (Å²) in [6.45, 7) is 4.00. The summed E-state index contributed by atoms with van der Waals surface area (Å²) in [4.78, 5) is 19.0. The Balaban J connectivity index is 0.000000606. The lowest BCUT2D eigenvalue weighted by Crippen LogP contribution is -2.10. The van der Waals surface area contributed by atoms with Crippen LogP contribution < -0.4 is 11.3 Å². The third-order valence-corrected chi connectivity index (χ3v) is 2.66. The van der Waals surface area contributed by atoms with Gasteiger partial charge < -0.3 is 5.73 Å². The lowest BCUT2D eigenvalue weighted by Gasteiger charge is -2.00. The summed E-state index contributed by atoms with van der Waals surface area (Å²) >= 11 is 1.58. The van der Waals surface area contributed by atoms with Crippen molar-refractivity contribution in [1.29, 1.82) is 0 Å². The van der Waals surface area contributed by atoms with Crippen molar-refractivity contribution in [2.45, 2.75) is 18.7 Å². The van der Waals surface area contributed by atoms with E-state index >= 15 is 0 Å². The van der Waals surface area contributed by atoms with Gasteiger partial charge in [0, 0.05) is 4.90 Å². The fraction of sp³-hybridized carbons (Fsp3) is 0.273. The molecule has 2 aromatic rings. The largest absolute Gasteiger partial charge is 0.369 e. The molecule has 0 atom stereocenters. The summed E-state index contributed by atoms with van der Waals surface area (Å²) < 4.78 is 0. The van der Waals surface area contributed by atoms with Crippen LogP contribution in [0, 0.1) is 0 Å². The predicted molar refractivity (Wildman–Crippen MR) is 69.9 cm³/mol. The zero-order chi connectivity index (χ0) is 12.1. The highest BCUT2D eigenvalue weighted by atomic mass is 32.2. The van der Waals surface area contributed by atoms with Crippen LogP contribution in [-0.4, -0.2) is 16.2 Å². The number of nitrogen functional groups attached to an aromatic ring is 1. The summed E-state index contributed by atoms with van der Waals surface area (Å²) in [7, 11) is 0. The van der Waals surface area contributed by atoms with Gasteiger partial charge in [-0.3, -0.25) is 9.78 Å². The van der Waals surface area contributed by atoms with Crippen molar-refractivity contribution in [2.75, 3.05) is 12.0 Å². The van der Waals surface area contributed by atoms with Crippen LogP contribution in [0.1, 0.15) is 13.8 Å². The van der Waals surface area contributed by atoms with E-state index < -0.39 is 0 Å². The van der Waals surface area contributed by atoms with Gasteiger partial charge >= 0.3 is 0 Å². The topological polar surface area (TPSA) is 71.8 Å². The molecule has 0 fully saturated rings.